The van der Waals surface area contributed by atoms with E-state index in [-0.39, 0.29) is 54.9 Å². The van der Waals surface area contributed by atoms with E-state index in [0.717, 1.165) is 5.69 Å². The molecule has 1 aliphatic heterocycles. The lowest BCUT2D eigenvalue weighted by Gasteiger charge is -2.36. The van der Waals surface area contributed by atoms with Gasteiger partial charge in [0.25, 0.3) is 0 Å². The summed E-state index contributed by atoms with van der Waals surface area (Å²) in [6.07, 6.45) is 1.72. The highest BCUT2D eigenvalue weighted by Crippen LogP contribution is 2.27. The Morgan fingerprint density at radius 1 is 1.18 bits per heavy atom. The van der Waals surface area contributed by atoms with Gasteiger partial charge in [-0.25, -0.2) is 8.78 Å². The zero-order chi connectivity index (χ0) is 25.3. The number of alkyl halides is 1. The second-order valence-corrected chi connectivity index (χ2v) is 8.99. The molecular formula is C25H33ClF2N4O2. The predicted molar refractivity (Wildman–Crippen MR) is 134 cm³/mol. The molecule has 0 atom stereocenters. The van der Waals surface area contributed by atoms with Gasteiger partial charge in [-0.2, -0.15) is 0 Å². The lowest BCUT2D eigenvalue weighted by atomic mass is 9.93. The van der Waals surface area contributed by atoms with Gasteiger partial charge in [0.05, 0.1) is 5.03 Å². The molecule has 0 unspecified atom stereocenters. The lowest BCUT2D eigenvalue weighted by molar-refractivity contribution is -0.129. The normalized spacial score (nSPS) is 16.5. The fourth-order valence-corrected chi connectivity index (χ4v) is 3.90. The maximum atomic E-state index is 15.2. The number of hydrogen-bond acceptors (Lipinski definition) is 4. The largest absolute Gasteiger partial charge is 0.384 e. The van der Waals surface area contributed by atoms with E-state index < -0.39 is 11.5 Å². The number of carbonyl (C=O) groups is 2. The maximum absolute atomic E-state index is 15.2. The van der Waals surface area contributed by atoms with Crippen LogP contribution < -0.4 is 16.0 Å². The van der Waals surface area contributed by atoms with E-state index in [1.54, 1.807) is 17.9 Å². The molecule has 1 aliphatic rings. The third-order valence-electron chi connectivity index (χ3n) is 5.47. The van der Waals surface area contributed by atoms with Crippen molar-refractivity contribution in [1.29, 1.82) is 0 Å². The van der Waals surface area contributed by atoms with E-state index in [0.29, 0.717) is 24.4 Å². The van der Waals surface area contributed by atoms with Crippen molar-refractivity contribution in [1.82, 2.24) is 10.2 Å². The number of rotatable bonds is 10. The molecule has 1 fully saturated rings. The van der Waals surface area contributed by atoms with Gasteiger partial charge in [0, 0.05) is 69.4 Å². The summed E-state index contributed by atoms with van der Waals surface area (Å²) in [6, 6.07) is 7.36. The Morgan fingerprint density at radius 2 is 1.82 bits per heavy atom. The summed E-state index contributed by atoms with van der Waals surface area (Å²) >= 11 is 5.91. The smallest absolute Gasteiger partial charge is 0.249 e. The first-order valence-electron chi connectivity index (χ1n) is 11.2. The minimum absolute atomic E-state index is 0.136. The van der Waals surface area contributed by atoms with Gasteiger partial charge in [0.15, 0.2) is 0 Å². The van der Waals surface area contributed by atoms with Crippen molar-refractivity contribution < 1.29 is 18.4 Å². The fraction of sp³-hybridized carbons (Fsp3) is 0.440. The molecule has 0 aromatic heterocycles. The molecule has 0 aliphatic carbocycles. The van der Waals surface area contributed by atoms with E-state index in [4.69, 9.17) is 11.6 Å². The summed E-state index contributed by atoms with van der Waals surface area (Å²) < 4.78 is 29.0. The minimum Gasteiger partial charge on any atom is -0.384 e. The van der Waals surface area contributed by atoms with Gasteiger partial charge < -0.3 is 20.9 Å². The Balaban J connectivity index is 1.76. The van der Waals surface area contributed by atoms with Gasteiger partial charge in [-0.1, -0.05) is 24.2 Å². The average Bonchev–Trinajstić information content (AvgIpc) is 2.78. The van der Waals surface area contributed by atoms with Gasteiger partial charge in [0.1, 0.15) is 11.5 Å². The molecule has 1 aromatic rings. The molecule has 1 saturated heterocycles. The highest BCUT2D eigenvalue weighted by atomic mass is 35.5. The average molecular weight is 495 g/mol. The highest BCUT2D eigenvalue weighted by Gasteiger charge is 2.35. The summed E-state index contributed by atoms with van der Waals surface area (Å²) in [5.41, 5.74) is 0.640. The Hall–Kier alpha value is -2.71. The monoisotopic (exact) mass is 494 g/mol. The van der Waals surface area contributed by atoms with Crippen LogP contribution in [0.25, 0.3) is 0 Å². The lowest BCUT2D eigenvalue weighted by Crippen LogP contribution is -2.49. The van der Waals surface area contributed by atoms with Gasteiger partial charge in [-0.15, -0.1) is 0 Å². The number of hydrogen-bond donors (Lipinski definition) is 3. The van der Waals surface area contributed by atoms with E-state index in [1.165, 1.54) is 19.9 Å². The van der Waals surface area contributed by atoms with Crippen molar-refractivity contribution in [2.45, 2.75) is 39.3 Å². The summed E-state index contributed by atoms with van der Waals surface area (Å²) in [7, 11) is 0. The SMILES string of the molecule is C=C(C)/C(F)=C(Cl)\C=C(/C)C(=O)N1CCC(F)(CNCCNc2cccc(NC(C)=O)c2)CC1. The molecule has 2 amide bonds. The molecule has 3 N–H and O–H groups in total. The van der Waals surface area contributed by atoms with Gasteiger partial charge in [-0.05, 0) is 43.7 Å². The second-order valence-electron chi connectivity index (χ2n) is 8.58. The zero-order valence-corrected chi connectivity index (χ0v) is 20.7. The number of allylic oxidation sites excluding steroid dienone is 4. The topological polar surface area (TPSA) is 73.5 Å². The number of amides is 2. The van der Waals surface area contributed by atoms with Crippen LogP contribution in [0.2, 0.25) is 0 Å². The Labute approximate surface area is 205 Å². The highest BCUT2D eigenvalue weighted by molar-refractivity contribution is 6.32. The maximum Gasteiger partial charge on any atom is 0.249 e. The number of nitrogens with one attached hydrogen (secondary N) is 3. The van der Waals surface area contributed by atoms with Crippen LogP contribution in [0.15, 0.2) is 58.9 Å². The van der Waals surface area contributed by atoms with E-state index in [1.807, 2.05) is 18.2 Å². The van der Waals surface area contributed by atoms with Crippen molar-refractivity contribution in [3.63, 3.8) is 0 Å². The number of carbonyl (C=O) groups excluding carboxylic acids is 2. The first kappa shape index (κ1) is 27.5. The van der Waals surface area contributed by atoms with Crippen LogP contribution in [-0.4, -0.2) is 55.1 Å². The zero-order valence-electron chi connectivity index (χ0n) is 19.9. The first-order chi connectivity index (χ1) is 16.0. The third kappa shape index (κ3) is 8.57. The van der Waals surface area contributed by atoms with Crippen molar-refractivity contribution >= 4 is 34.8 Å². The van der Waals surface area contributed by atoms with Crippen LogP contribution in [0, 0.1) is 0 Å². The van der Waals surface area contributed by atoms with Crippen LogP contribution in [0.1, 0.15) is 33.6 Å². The number of anilines is 2. The van der Waals surface area contributed by atoms with E-state index in [9.17, 15) is 14.0 Å². The summed E-state index contributed by atoms with van der Waals surface area (Å²) in [4.78, 5) is 25.3. The molecule has 9 heteroatoms. The molecule has 34 heavy (non-hydrogen) atoms. The van der Waals surface area contributed by atoms with Crippen molar-refractivity contribution in [2.24, 2.45) is 0 Å². The predicted octanol–water partition coefficient (Wildman–Crippen LogP) is 4.92. The Bertz CT molecular complexity index is 969. The number of piperidine rings is 1. The number of benzene rings is 1. The second kappa shape index (κ2) is 12.7. The third-order valence-corrected chi connectivity index (χ3v) is 5.74. The molecule has 1 heterocycles. The molecule has 2 rings (SSSR count). The van der Waals surface area contributed by atoms with E-state index >= 15 is 4.39 Å². The van der Waals surface area contributed by atoms with Gasteiger partial charge in [0.2, 0.25) is 11.8 Å². The van der Waals surface area contributed by atoms with Crippen molar-refractivity contribution in [2.75, 3.05) is 43.4 Å². The summed E-state index contributed by atoms with van der Waals surface area (Å²) in [5, 5.41) is 8.92. The Morgan fingerprint density at radius 3 is 2.44 bits per heavy atom. The molecule has 0 radical (unpaired) electrons. The van der Waals surface area contributed by atoms with E-state index in [2.05, 4.69) is 22.5 Å². The van der Waals surface area contributed by atoms with Crippen LogP contribution in [0.3, 0.4) is 0 Å². The van der Waals surface area contributed by atoms with Crippen LogP contribution in [-0.2, 0) is 9.59 Å². The molecule has 6 nitrogen and oxygen atoms in total. The molecule has 0 bridgehead atoms. The molecule has 0 spiro atoms. The molecular weight excluding hydrogens is 462 g/mol. The van der Waals surface area contributed by atoms with Crippen LogP contribution >= 0.6 is 11.6 Å². The summed E-state index contributed by atoms with van der Waals surface area (Å²) in [5.74, 6) is -1.08. The summed E-state index contributed by atoms with van der Waals surface area (Å²) in [6.45, 7) is 9.89. The standard InChI is InChI=1S/C25H33ClF2N4O2/c1-17(2)23(27)22(26)14-18(3)24(34)32-12-8-25(28,9-13-32)16-29-10-11-30-20-6-5-7-21(15-20)31-19(4)33/h5-7,14-15,29-30H,1,8-13,16H2,2-4H3,(H,31,33)/b18-14+,23-22-. The quantitative estimate of drug-likeness (QED) is 0.245. The van der Waals surface area contributed by atoms with Crippen LogP contribution in [0.5, 0.6) is 0 Å². The molecule has 186 valence electrons. The Kier molecular flexibility index (Phi) is 10.3. The minimum atomic E-state index is -1.40. The number of likely N-dealkylation sites (tertiary alicyclic amines) is 1. The van der Waals surface area contributed by atoms with Crippen LogP contribution in [0.4, 0.5) is 20.2 Å². The number of nitrogens with zero attached hydrogens (tertiary/aromatic N) is 1. The first-order valence-corrected chi connectivity index (χ1v) is 11.6. The van der Waals surface area contributed by atoms with Gasteiger partial charge in [-0.3, -0.25) is 9.59 Å². The molecule has 1 aromatic carbocycles. The fourth-order valence-electron chi connectivity index (χ4n) is 3.57. The van der Waals surface area contributed by atoms with Gasteiger partial charge >= 0.3 is 0 Å². The molecule has 0 saturated carbocycles. The number of halogens is 3. The van der Waals surface area contributed by atoms with Crippen molar-refractivity contribution in [3.05, 3.63) is 58.9 Å². The van der Waals surface area contributed by atoms with Crippen molar-refractivity contribution in [3.8, 4) is 0 Å².